The molecular weight excluding hydrogens is 265 g/mol. The van der Waals surface area contributed by atoms with E-state index in [4.69, 9.17) is 9.79 Å². The molecule has 0 fully saturated rings. The van der Waals surface area contributed by atoms with Crippen molar-refractivity contribution in [2.24, 2.45) is 0 Å². The monoisotopic (exact) mass is 287 g/mol. The van der Waals surface area contributed by atoms with E-state index in [0.717, 1.165) is 11.8 Å². The van der Waals surface area contributed by atoms with Crippen LogP contribution in [0.1, 0.15) is 25.0 Å². The van der Waals surface area contributed by atoms with Gasteiger partial charge >= 0.3 is 7.60 Å². The third-order valence-electron chi connectivity index (χ3n) is 2.40. The minimum Gasteiger partial charge on any atom is -0.324 e. The van der Waals surface area contributed by atoms with E-state index in [1.54, 1.807) is 31.3 Å². The van der Waals surface area contributed by atoms with E-state index in [-0.39, 0.29) is 12.2 Å². The molecule has 19 heavy (non-hydrogen) atoms. The van der Waals surface area contributed by atoms with Gasteiger partial charge in [0, 0.05) is 0 Å². The molecule has 1 atom stereocenters. The first-order valence-electron chi connectivity index (χ1n) is 6.19. The predicted molar refractivity (Wildman–Crippen MR) is 76.2 cm³/mol. The van der Waals surface area contributed by atoms with Crippen LogP contribution < -0.4 is 5.32 Å². The Morgan fingerprint density at radius 3 is 2.05 bits per heavy atom. The molecule has 0 amide bonds. The Hall–Kier alpha value is -1.00. The van der Waals surface area contributed by atoms with Crippen molar-refractivity contribution in [3.05, 3.63) is 35.4 Å². The molecule has 0 bridgehead atoms. The molecular formula is C13H22NO4P. The summed E-state index contributed by atoms with van der Waals surface area (Å²) < 4.78 is 10.8. The van der Waals surface area contributed by atoms with Gasteiger partial charge in [0.25, 0.3) is 0 Å². The normalized spacial score (nSPS) is 12.3. The molecule has 0 aliphatic rings. The van der Waals surface area contributed by atoms with Crippen molar-refractivity contribution in [2.45, 2.75) is 32.5 Å². The van der Waals surface area contributed by atoms with E-state index in [1.807, 2.05) is 13.8 Å². The second-order valence-electron chi connectivity index (χ2n) is 3.87. The summed E-state index contributed by atoms with van der Waals surface area (Å²) in [6, 6.07) is 6.66. The van der Waals surface area contributed by atoms with Crippen molar-refractivity contribution in [3.8, 4) is 0 Å². The van der Waals surface area contributed by atoms with E-state index < -0.39 is 7.60 Å². The van der Waals surface area contributed by atoms with Crippen LogP contribution in [0, 0.1) is 0 Å². The van der Waals surface area contributed by atoms with Crippen molar-refractivity contribution in [1.29, 1.82) is 0 Å². The van der Waals surface area contributed by atoms with E-state index in [1.165, 1.54) is 0 Å². The minimum absolute atomic E-state index is 0.234. The Labute approximate surface area is 114 Å². The lowest BCUT2D eigenvalue weighted by Gasteiger charge is -2.09. The highest BCUT2D eigenvalue weighted by atomic mass is 31.2. The van der Waals surface area contributed by atoms with Gasteiger partial charge in [-0.2, -0.15) is 0 Å². The van der Waals surface area contributed by atoms with Crippen LogP contribution in [0.3, 0.4) is 0 Å². The molecule has 5 nitrogen and oxygen atoms in total. The van der Waals surface area contributed by atoms with E-state index >= 15 is 0 Å². The first-order chi connectivity index (χ1) is 8.94. The van der Waals surface area contributed by atoms with Gasteiger partial charge in [0.15, 0.2) is 0 Å². The number of benzene rings is 1. The molecule has 0 unspecified atom stereocenters. The van der Waals surface area contributed by atoms with Crippen LogP contribution in [-0.4, -0.2) is 29.2 Å². The summed E-state index contributed by atoms with van der Waals surface area (Å²) in [6.45, 7) is 4.00. The average Bonchev–Trinajstić information content (AvgIpc) is 2.38. The SMILES string of the molecule is CC.CN[C@H](C=O)Cc1ccc(CP(=O)(O)O)cc1. The predicted octanol–water partition coefficient (Wildman–Crippen LogP) is 1.72. The van der Waals surface area contributed by atoms with E-state index in [9.17, 15) is 9.36 Å². The quantitative estimate of drug-likeness (QED) is 0.548. The Balaban J connectivity index is 0.00000154. The van der Waals surface area contributed by atoms with Gasteiger partial charge in [-0.3, -0.25) is 4.57 Å². The van der Waals surface area contributed by atoms with Crippen molar-refractivity contribution < 1.29 is 19.1 Å². The van der Waals surface area contributed by atoms with Crippen molar-refractivity contribution >= 4 is 13.9 Å². The van der Waals surface area contributed by atoms with Gasteiger partial charge in [0.2, 0.25) is 0 Å². The lowest BCUT2D eigenvalue weighted by molar-refractivity contribution is -0.109. The van der Waals surface area contributed by atoms with Crippen LogP contribution in [-0.2, 0) is 21.9 Å². The third kappa shape index (κ3) is 7.90. The summed E-state index contributed by atoms with van der Waals surface area (Å²) in [5.74, 6) is 0. The molecule has 108 valence electrons. The standard InChI is InChI=1S/C11H16NO4P.C2H6/c1-12-11(7-13)6-9-2-4-10(5-3-9)8-17(14,15)16;1-2/h2-5,7,11-12H,6,8H2,1H3,(H2,14,15,16);1-2H3/t11-;/m0./s1. The summed E-state index contributed by atoms with van der Waals surface area (Å²) in [6.07, 6.45) is 1.15. The fourth-order valence-electron chi connectivity index (χ4n) is 1.49. The second-order valence-corrected chi connectivity index (χ2v) is 5.52. The lowest BCUT2D eigenvalue weighted by atomic mass is 10.1. The molecule has 1 rings (SSSR count). The minimum atomic E-state index is -4.01. The summed E-state index contributed by atoms with van der Waals surface area (Å²) in [5.41, 5.74) is 1.54. The van der Waals surface area contributed by atoms with Crippen LogP contribution >= 0.6 is 7.60 Å². The maximum Gasteiger partial charge on any atom is 0.329 e. The van der Waals surface area contributed by atoms with Crippen LogP contribution in [0.15, 0.2) is 24.3 Å². The first-order valence-corrected chi connectivity index (χ1v) is 7.99. The largest absolute Gasteiger partial charge is 0.329 e. The fourth-order valence-corrected chi connectivity index (χ4v) is 2.18. The summed E-state index contributed by atoms with van der Waals surface area (Å²) in [4.78, 5) is 28.3. The number of carbonyl (C=O) groups excluding carboxylic acids is 1. The highest BCUT2D eigenvalue weighted by Gasteiger charge is 2.13. The molecule has 0 heterocycles. The number of rotatable bonds is 6. The van der Waals surface area contributed by atoms with Crippen LogP contribution in [0.2, 0.25) is 0 Å². The van der Waals surface area contributed by atoms with Crippen molar-refractivity contribution in [2.75, 3.05) is 7.05 Å². The molecule has 3 N–H and O–H groups in total. The Morgan fingerprint density at radius 1 is 1.21 bits per heavy atom. The number of likely N-dealkylation sites (N-methyl/N-ethyl adjacent to an activating group) is 1. The maximum atomic E-state index is 10.8. The molecule has 1 aromatic carbocycles. The fraction of sp³-hybridized carbons (Fsp3) is 0.462. The van der Waals surface area contributed by atoms with Gasteiger partial charge in [0.1, 0.15) is 6.29 Å². The van der Waals surface area contributed by atoms with Crippen LogP contribution in [0.4, 0.5) is 0 Å². The zero-order valence-electron chi connectivity index (χ0n) is 11.5. The highest BCUT2D eigenvalue weighted by Crippen LogP contribution is 2.38. The van der Waals surface area contributed by atoms with Gasteiger partial charge in [0.05, 0.1) is 12.2 Å². The zero-order chi connectivity index (χ0) is 14.9. The lowest BCUT2D eigenvalue weighted by Crippen LogP contribution is -2.28. The number of hydrogen-bond donors (Lipinski definition) is 3. The Kier molecular flexibility index (Phi) is 8.52. The van der Waals surface area contributed by atoms with Crippen LogP contribution in [0.25, 0.3) is 0 Å². The van der Waals surface area contributed by atoms with Gasteiger partial charge in [-0.25, -0.2) is 0 Å². The number of nitrogens with one attached hydrogen (secondary N) is 1. The second kappa shape index (κ2) is 8.99. The van der Waals surface area contributed by atoms with E-state index in [2.05, 4.69) is 5.32 Å². The molecule has 6 heteroatoms. The average molecular weight is 287 g/mol. The molecule has 0 aromatic heterocycles. The van der Waals surface area contributed by atoms with Gasteiger partial charge in [-0.15, -0.1) is 0 Å². The molecule has 1 aromatic rings. The number of hydrogen-bond acceptors (Lipinski definition) is 3. The van der Waals surface area contributed by atoms with Gasteiger partial charge in [-0.1, -0.05) is 38.1 Å². The van der Waals surface area contributed by atoms with E-state index in [0.29, 0.717) is 12.0 Å². The highest BCUT2D eigenvalue weighted by molar-refractivity contribution is 7.50. The van der Waals surface area contributed by atoms with Crippen molar-refractivity contribution in [1.82, 2.24) is 5.32 Å². The van der Waals surface area contributed by atoms with Crippen molar-refractivity contribution in [3.63, 3.8) is 0 Å². The Morgan fingerprint density at radius 2 is 1.68 bits per heavy atom. The molecule has 0 aliphatic heterocycles. The first kappa shape index (κ1) is 18.0. The molecule has 0 saturated carbocycles. The third-order valence-corrected chi connectivity index (χ3v) is 3.18. The number of aldehydes is 1. The summed E-state index contributed by atoms with van der Waals surface area (Å²) >= 11 is 0. The van der Waals surface area contributed by atoms with Gasteiger partial charge in [-0.05, 0) is 24.6 Å². The summed E-state index contributed by atoms with van der Waals surface area (Å²) in [5, 5.41) is 2.86. The van der Waals surface area contributed by atoms with Gasteiger partial charge < -0.3 is 19.9 Å². The maximum absolute atomic E-state index is 10.8. The Bertz CT molecular complexity index is 413. The molecule has 0 aliphatic carbocycles. The zero-order valence-corrected chi connectivity index (χ0v) is 12.4. The van der Waals surface area contributed by atoms with Crippen LogP contribution in [0.5, 0.6) is 0 Å². The summed E-state index contributed by atoms with van der Waals surface area (Å²) in [7, 11) is -2.30. The smallest absolute Gasteiger partial charge is 0.324 e. The molecule has 0 spiro atoms. The number of carbonyl (C=O) groups is 1. The topological polar surface area (TPSA) is 86.6 Å². The molecule has 0 saturated heterocycles. The molecule has 0 radical (unpaired) electrons.